The van der Waals surface area contributed by atoms with E-state index < -0.39 is 17.5 Å². The van der Waals surface area contributed by atoms with Crippen molar-refractivity contribution in [1.82, 2.24) is 0 Å². The Morgan fingerprint density at radius 1 is 1.00 bits per heavy atom. The molecule has 126 valence electrons. The highest BCUT2D eigenvalue weighted by atomic mass is 16.6. The molecule has 0 heterocycles. The molecule has 0 aliphatic carbocycles. The molecule has 0 saturated heterocycles. The minimum absolute atomic E-state index is 0.0402. The fraction of sp³-hybridized carbons (Fsp3) is 0.688. The summed E-state index contributed by atoms with van der Waals surface area (Å²) in [6.07, 6.45) is 1.04. The lowest BCUT2D eigenvalue weighted by molar-refractivity contribution is -0.155. The fourth-order valence-corrected chi connectivity index (χ4v) is 1.39. The summed E-state index contributed by atoms with van der Waals surface area (Å²) in [7, 11) is 0. The number of hydrogen-bond acceptors (Lipinski definition) is 6. The Bertz CT molecular complexity index is 405. The van der Waals surface area contributed by atoms with Crippen molar-refractivity contribution in [3.8, 4) is 0 Å². The Balaban J connectivity index is 3.87. The van der Waals surface area contributed by atoms with Crippen molar-refractivity contribution in [3.05, 3.63) is 12.2 Å². The number of ether oxygens (including phenoxy) is 3. The molecule has 0 aromatic carbocycles. The Labute approximate surface area is 131 Å². The van der Waals surface area contributed by atoms with Crippen LogP contribution in [-0.2, 0) is 28.6 Å². The van der Waals surface area contributed by atoms with Gasteiger partial charge < -0.3 is 14.2 Å². The second kappa shape index (κ2) is 9.97. The number of carbonyl (C=O) groups is 3. The Hall–Kier alpha value is -1.85. The van der Waals surface area contributed by atoms with Gasteiger partial charge in [0.15, 0.2) is 0 Å². The van der Waals surface area contributed by atoms with Crippen LogP contribution in [0.5, 0.6) is 0 Å². The van der Waals surface area contributed by atoms with Crippen LogP contribution in [0.3, 0.4) is 0 Å². The Morgan fingerprint density at radius 3 is 2.18 bits per heavy atom. The van der Waals surface area contributed by atoms with E-state index in [0.29, 0.717) is 19.4 Å². The van der Waals surface area contributed by atoms with Crippen molar-refractivity contribution >= 4 is 17.9 Å². The molecule has 0 radical (unpaired) electrons. The van der Waals surface area contributed by atoms with Gasteiger partial charge in [-0.05, 0) is 33.6 Å². The lowest BCUT2D eigenvalue weighted by Gasteiger charge is -2.19. The molecule has 0 unspecified atom stereocenters. The zero-order valence-corrected chi connectivity index (χ0v) is 13.9. The average Bonchev–Trinajstić information content (AvgIpc) is 2.38. The molecule has 0 aromatic heterocycles. The maximum atomic E-state index is 11.6. The molecule has 0 amide bonds. The van der Waals surface area contributed by atoms with Crippen molar-refractivity contribution in [2.45, 2.75) is 59.0 Å². The second-order valence-corrected chi connectivity index (χ2v) is 5.83. The summed E-state index contributed by atoms with van der Waals surface area (Å²) in [5.74, 6) is -1.50. The minimum atomic E-state index is -0.655. The predicted octanol–water partition coefficient (Wildman–Crippen LogP) is 2.55. The molecular weight excluding hydrogens is 288 g/mol. The molecule has 0 fully saturated rings. The van der Waals surface area contributed by atoms with E-state index in [2.05, 4.69) is 6.58 Å². The first-order valence-corrected chi connectivity index (χ1v) is 7.38. The van der Waals surface area contributed by atoms with E-state index >= 15 is 0 Å². The zero-order chi connectivity index (χ0) is 17.2. The third-order valence-corrected chi connectivity index (χ3v) is 2.29. The molecule has 0 aliphatic heterocycles. The van der Waals surface area contributed by atoms with E-state index in [1.54, 1.807) is 20.8 Å². The molecule has 0 saturated carbocycles. The number of hydrogen-bond donors (Lipinski definition) is 0. The normalized spacial score (nSPS) is 10.7. The van der Waals surface area contributed by atoms with E-state index in [1.165, 1.54) is 0 Å². The van der Waals surface area contributed by atoms with Crippen molar-refractivity contribution in [3.63, 3.8) is 0 Å². The fourth-order valence-electron chi connectivity index (χ4n) is 1.39. The molecule has 0 N–H and O–H groups in total. The number of rotatable bonds is 9. The lowest BCUT2D eigenvalue weighted by Crippen LogP contribution is -2.24. The molecule has 0 rings (SSSR count). The number of esters is 3. The maximum Gasteiger partial charge on any atom is 0.333 e. The van der Waals surface area contributed by atoms with Crippen LogP contribution in [0.4, 0.5) is 0 Å². The molecule has 0 atom stereocenters. The highest BCUT2D eigenvalue weighted by Crippen LogP contribution is 2.09. The SMILES string of the molecule is C=C(CC(=O)OCCC)C(=O)OCCCC(=O)OC(C)(C)C. The van der Waals surface area contributed by atoms with E-state index in [4.69, 9.17) is 14.2 Å². The molecule has 0 aliphatic rings. The maximum absolute atomic E-state index is 11.6. The summed E-state index contributed by atoms with van der Waals surface area (Å²) in [5.41, 5.74) is -0.487. The van der Waals surface area contributed by atoms with Gasteiger partial charge in [-0.1, -0.05) is 13.5 Å². The first-order chi connectivity index (χ1) is 10.2. The van der Waals surface area contributed by atoms with E-state index in [9.17, 15) is 14.4 Å². The molecule has 0 aromatic rings. The highest BCUT2D eigenvalue weighted by Gasteiger charge is 2.17. The van der Waals surface area contributed by atoms with Crippen molar-refractivity contribution in [2.24, 2.45) is 0 Å². The summed E-state index contributed by atoms with van der Waals surface area (Å²) < 4.78 is 14.9. The third kappa shape index (κ3) is 10.9. The summed E-state index contributed by atoms with van der Waals surface area (Å²) >= 11 is 0. The van der Waals surface area contributed by atoms with E-state index in [0.717, 1.165) is 0 Å². The first kappa shape index (κ1) is 20.1. The smallest absolute Gasteiger partial charge is 0.333 e. The quantitative estimate of drug-likeness (QED) is 0.282. The van der Waals surface area contributed by atoms with Gasteiger partial charge in [-0.3, -0.25) is 9.59 Å². The van der Waals surface area contributed by atoms with Crippen LogP contribution in [0, 0.1) is 0 Å². The monoisotopic (exact) mass is 314 g/mol. The third-order valence-electron chi connectivity index (χ3n) is 2.29. The standard InChI is InChI=1S/C16H26O6/c1-6-9-20-14(18)11-12(2)15(19)21-10-7-8-13(17)22-16(3,4)5/h2,6-11H2,1,3-5H3. The van der Waals surface area contributed by atoms with Gasteiger partial charge in [-0.15, -0.1) is 0 Å². The molecule has 6 heteroatoms. The number of carbonyl (C=O) groups excluding carboxylic acids is 3. The van der Waals surface area contributed by atoms with Gasteiger partial charge in [-0.25, -0.2) is 4.79 Å². The van der Waals surface area contributed by atoms with Crippen LogP contribution < -0.4 is 0 Å². The second-order valence-electron chi connectivity index (χ2n) is 5.83. The Morgan fingerprint density at radius 2 is 1.64 bits per heavy atom. The van der Waals surface area contributed by atoms with Crippen molar-refractivity contribution in [1.29, 1.82) is 0 Å². The molecule has 0 spiro atoms. The van der Waals surface area contributed by atoms with E-state index in [-0.39, 0.29) is 31.0 Å². The lowest BCUT2D eigenvalue weighted by atomic mass is 10.2. The Kier molecular flexibility index (Phi) is 9.13. The summed E-state index contributed by atoms with van der Waals surface area (Å²) in [6.45, 7) is 11.1. The predicted molar refractivity (Wildman–Crippen MR) is 81.0 cm³/mol. The van der Waals surface area contributed by atoms with Gasteiger partial charge in [0, 0.05) is 12.0 Å². The van der Waals surface area contributed by atoms with E-state index in [1.807, 2.05) is 6.92 Å². The molecular formula is C16H26O6. The first-order valence-electron chi connectivity index (χ1n) is 7.38. The summed E-state index contributed by atoms with van der Waals surface area (Å²) in [6, 6.07) is 0. The van der Waals surface area contributed by atoms with Crippen molar-refractivity contribution < 1.29 is 28.6 Å². The van der Waals surface area contributed by atoms with Crippen LogP contribution in [-0.4, -0.2) is 36.7 Å². The molecule has 0 bridgehead atoms. The zero-order valence-electron chi connectivity index (χ0n) is 13.9. The highest BCUT2D eigenvalue weighted by molar-refractivity contribution is 5.93. The van der Waals surface area contributed by atoms with Crippen LogP contribution in [0.2, 0.25) is 0 Å². The van der Waals surface area contributed by atoms with Gasteiger partial charge in [0.2, 0.25) is 0 Å². The van der Waals surface area contributed by atoms with Gasteiger partial charge in [0.25, 0.3) is 0 Å². The summed E-state index contributed by atoms with van der Waals surface area (Å²) in [5, 5.41) is 0. The van der Waals surface area contributed by atoms with Crippen LogP contribution in [0.15, 0.2) is 12.2 Å². The topological polar surface area (TPSA) is 78.9 Å². The summed E-state index contributed by atoms with van der Waals surface area (Å²) in [4.78, 5) is 34.3. The van der Waals surface area contributed by atoms with Gasteiger partial charge in [-0.2, -0.15) is 0 Å². The molecule has 6 nitrogen and oxygen atoms in total. The van der Waals surface area contributed by atoms with Gasteiger partial charge >= 0.3 is 17.9 Å². The van der Waals surface area contributed by atoms with Crippen molar-refractivity contribution in [2.75, 3.05) is 13.2 Å². The van der Waals surface area contributed by atoms with Crippen LogP contribution in [0.25, 0.3) is 0 Å². The largest absolute Gasteiger partial charge is 0.465 e. The van der Waals surface area contributed by atoms with Crippen LogP contribution in [0.1, 0.15) is 53.4 Å². The average molecular weight is 314 g/mol. The van der Waals surface area contributed by atoms with Crippen LogP contribution >= 0.6 is 0 Å². The van der Waals surface area contributed by atoms with Gasteiger partial charge in [0.05, 0.1) is 19.6 Å². The van der Waals surface area contributed by atoms with Gasteiger partial charge in [0.1, 0.15) is 5.60 Å². The molecule has 22 heavy (non-hydrogen) atoms. The minimum Gasteiger partial charge on any atom is -0.465 e.